The summed E-state index contributed by atoms with van der Waals surface area (Å²) in [5, 5.41) is 8.73. The molecule has 3 nitrogen and oxygen atoms in total. The van der Waals surface area contributed by atoms with Gasteiger partial charge in [0.1, 0.15) is 11.5 Å². The first-order valence-corrected chi connectivity index (χ1v) is 12.2. The molecule has 1 aromatic carbocycles. The second-order valence-corrected chi connectivity index (χ2v) is 8.96. The highest BCUT2D eigenvalue weighted by Gasteiger charge is 2.24. The van der Waals surface area contributed by atoms with Gasteiger partial charge in [-0.15, -0.1) is 0 Å². The van der Waals surface area contributed by atoms with Gasteiger partial charge in [-0.05, 0) is 92.0 Å². The minimum Gasteiger partial charge on any atom is -0.398 e. The molecule has 34 heavy (non-hydrogen) atoms. The van der Waals surface area contributed by atoms with Crippen molar-refractivity contribution in [2.24, 2.45) is 0 Å². The lowest BCUT2D eigenvalue weighted by Gasteiger charge is -2.23. The van der Waals surface area contributed by atoms with Gasteiger partial charge >= 0.3 is 0 Å². The zero-order chi connectivity index (χ0) is 24.5. The molecule has 2 aliphatic rings. The van der Waals surface area contributed by atoms with Crippen LogP contribution in [-0.4, -0.2) is 30.2 Å². The van der Waals surface area contributed by atoms with Crippen LogP contribution in [0.4, 0.5) is 10.1 Å². The van der Waals surface area contributed by atoms with E-state index in [2.05, 4.69) is 36.5 Å². The van der Waals surface area contributed by atoms with Gasteiger partial charge < -0.3 is 5.73 Å². The van der Waals surface area contributed by atoms with Crippen LogP contribution in [0.15, 0.2) is 66.8 Å². The van der Waals surface area contributed by atoms with E-state index in [1.807, 2.05) is 6.08 Å². The molecule has 0 radical (unpaired) electrons. The van der Waals surface area contributed by atoms with Gasteiger partial charge in [0.2, 0.25) is 0 Å². The molecule has 0 saturated carbocycles. The first kappa shape index (κ1) is 25.5. The maximum atomic E-state index is 15.5. The lowest BCUT2D eigenvalue weighted by atomic mass is 9.85. The van der Waals surface area contributed by atoms with E-state index in [0.29, 0.717) is 29.8 Å². The largest absolute Gasteiger partial charge is 0.398 e. The number of benzene rings is 1. The van der Waals surface area contributed by atoms with Crippen molar-refractivity contribution < 1.29 is 4.39 Å². The van der Waals surface area contributed by atoms with E-state index in [4.69, 9.17) is 11.1 Å². The highest BCUT2D eigenvalue weighted by atomic mass is 19.1. The number of piperidine rings is 1. The second-order valence-electron chi connectivity index (χ2n) is 8.96. The summed E-state index contributed by atoms with van der Waals surface area (Å²) in [6.07, 6.45) is 13.5. The van der Waals surface area contributed by atoms with Crippen LogP contribution in [0.1, 0.15) is 62.5 Å². The topological polar surface area (TPSA) is 53.1 Å². The Bertz CT molecular complexity index is 1090. The van der Waals surface area contributed by atoms with Crippen molar-refractivity contribution in [2.45, 2.75) is 51.4 Å². The molecule has 1 saturated heterocycles. The molecule has 0 amide bonds. The van der Waals surface area contributed by atoms with E-state index in [-0.39, 0.29) is 11.5 Å². The maximum absolute atomic E-state index is 15.5. The van der Waals surface area contributed by atoms with E-state index in [9.17, 15) is 0 Å². The summed E-state index contributed by atoms with van der Waals surface area (Å²) >= 11 is 0. The summed E-state index contributed by atoms with van der Waals surface area (Å²) in [6, 6.07) is 2.93. The van der Waals surface area contributed by atoms with Crippen LogP contribution in [0.5, 0.6) is 0 Å². The molecule has 1 aliphatic heterocycles. The van der Waals surface area contributed by atoms with E-state index in [1.165, 1.54) is 31.4 Å². The molecule has 0 unspecified atom stereocenters. The van der Waals surface area contributed by atoms with Gasteiger partial charge in [0.05, 0.1) is 6.54 Å². The Kier molecular flexibility index (Phi) is 9.24. The SMILES string of the molecule is C=C/C=C(\C=C)C(=C)C1=C(c2c(F)ccc(N)c2C(=N)C#CCN2CCCCC2)CCCCC1. The highest BCUT2D eigenvalue weighted by Crippen LogP contribution is 2.40. The monoisotopic (exact) mass is 457 g/mol. The van der Waals surface area contributed by atoms with Crippen LogP contribution >= 0.6 is 0 Å². The predicted molar refractivity (Wildman–Crippen MR) is 143 cm³/mol. The molecule has 0 atom stereocenters. The normalized spacial score (nSPS) is 17.4. The average molecular weight is 458 g/mol. The Hall–Kier alpha value is -3.16. The Balaban J connectivity index is 2.07. The number of hydrogen-bond donors (Lipinski definition) is 2. The number of rotatable bonds is 7. The van der Waals surface area contributed by atoms with E-state index >= 15 is 4.39 Å². The highest BCUT2D eigenvalue weighted by molar-refractivity contribution is 6.16. The van der Waals surface area contributed by atoms with Gasteiger partial charge in [-0.2, -0.15) is 0 Å². The van der Waals surface area contributed by atoms with Crippen molar-refractivity contribution in [3.8, 4) is 11.8 Å². The molecule has 178 valence electrons. The number of hydrogen-bond acceptors (Lipinski definition) is 3. The number of anilines is 1. The summed E-state index contributed by atoms with van der Waals surface area (Å²) in [5.41, 5.74) is 11.1. The van der Waals surface area contributed by atoms with Crippen LogP contribution in [0.2, 0.25) is 0 Å². The van der Waals surface area contributed by atoms with Crippen LogP contribution in [-0.2, 0) is 0 Å². The average Bonchev–Trinajstić information content (AvgIpc) is 3.10. The molecule has 0 spiro atoms. The van der Waals surface area contributed by atoms with Crippen LogP contribution < -0.4 is 5.73 Å². The quantitative estimate of drug-likeness (QED) is 0.204. The minimum atomic E-state index is -0.373. The van der Waals surface area contributed by atoms with Crippen LogP contribution in [0, 0.1) is 23.1 Å². The first-order chi connectivity index (χ1) is 16.5. The smallest absolute Gasteiger partial charge is 0.131 e. The molecule has 0 aromatic heterocycles. The molecule has 3 rings (SSSR count). The van der Waals surface area contributed by atoms with Gasteiger partial charge in [0.25, 0.3) is 0 Å². The van der Waals surface area contributed by atoms with Crippen molar-refractivity contribution in [3.05, 3.63) is 83.8 Å². The van der Waals surface area contributed by atoms with Crippen molar-refractivity contribution in [3.63, 3.8) is 0 Å². The summed E-state index contributed by atoms with van der Waals surface area (Å²) in [6.45, 7) is 14.7. The zero-order valence-electron chi connectivity index (χ0n) is 20.2. The number of halogens is 1. The van der Waals surface area contributed by atoms with Crippen molar-refractivity contribution >= 4 is 17.0 Å². The van der Waals surface area contributed by atoms with Gasteiger partial charge in [-0.1, -0.05) is 56.7 Å². The summed E-state index contributed by atoms with van der Waals surface area (Å²) in [4.78, 5) is 2.30. The van der Waals surface area contributed by atoms with Crippen LogP contribution in [0.3, 0.4) is 0 Å². The third kappa shape index (κ3) is 6.04. The lowest BCUT2D eigenvalue weighted by molar-refractivity contribution is 0.255. The summed E-state index contributed by atoms with van der Waals surface area (Å²) in [5.74, 6) is 5.72. The van der Waals surface area contributed by atoms with Gasteiger partial charge in [-0.25, -0.2) is 4.39 Å². The molecule has 0 bridgehead atoms. The molecule has 1 fully saturated rings. The first-order valence-electron chi connectivity index (χ1n) is 12.2. The minimum absolute atomic E-state index is 0.0660. The van der Waals surface area contributed by atoms with E-state index in [1.54, 1.807) is 12.2 Å². The van der Waals surface area contributed by atoms with E-state index in [0.717, 1.165) is 61.1 Å². The number of nitrogens with two attached hydrogens (primary N) is 1. The standard InChI is InChI=1S/C30H36FN3/c1-4-13-23(5-2)22(3)24-14-8-6-9-15-25(24)29-26(31)17-18-28(33)30(29)27(32)16-12-21-34-19-10-7-11-20-34/h4-5,13,17-18,32H,1-3,6-11,14-15,19-21,33H2/b23-13+,32-27?. The van der Waals surface area contributed by atoms with Crippen molar-refractivity contribution in [2.75, 3.05) is 25.4 Å². The van der Waals surface area contributed by atoms with Crippen molar-refractivity contribution in [1.82, 2.24) is 4.90 Å². The molecule has 3 N–H and O–H groups in total. The molecule has 4 heteroatoms. The number of nitrogens with one attached hydrogen (secondary N) is 1. The second kappa shape index (κ2) is 12.3. The van der Waals surface area contributed by atoms with Gasteiger partial charge in [0, 0.05) is 16.8 Å². The number of likely N-dealkylation sites (tertiary alicyclic amines) is 1. The molecular weight excluding hydrogens is 421 g/mol. The lowest BCUT2D eigenvalue weighted by Crippen LogP contribution is -2.29. The predicted octanol–water partition coefficient (Wildman–Crippen LogP) is 6.84. The Labute approximate surface area is 204 Å². The Morgan fingerprint density at radius 2 is 1.79 bits per heavy atom. The number of nitrogens with zero attached hydrogens (tertiary/aromatic N) is 1. The van der Waals surface area contributed by atoms with Crippen LogP contribution in [0.25, 0.3) is 5.57 Å². The van der Waals surface area contributed by atoms with Crippen molar-refractivity contribution in [1.29, 1.82) is 5.41 Å². The summed E-state index contributed by atoms with van der Waals surface area (Å²) in [7, 11) is 0. The molecule has 1 aromatic rings. The van der Waals surface area contributed by atoms with Gasteiger partial charge in [0.15, 0.2) is 0 Å². The molecule has 1 aliphatic carbocycles. The van der Waals surface area contributed by atoms with Gasteiger partial charge in [-0.3, -0.25) is 10.3 Å². The zero-order valence-corrected chi connectivity index (χ0v) is 20.2. The third-order valence-corrected chi connectivity index (χ3v) is 6.65. The maximum Gasteiger partial charge on any atom is 0.131 e. The fourth-order valence-electron chi connectivity index (χ4n) is 4.86. The Morgan fingerprint density at radius 3 is 2.50 bits per heavy atom. The molecule has 1 heterocycles. The fraction of sp³-hybridized carbons (Fsp3) is 0.367. The third-order valence-electron chi connectivity index (χ3n) is 6.65. The summed E-state index contributed by atoms with van der Waals surface area (Å²) < 4.78 is 15.5. The fourth-order valence-corrected chi connectivity index (χ4v) is 4.86. The number of allylic oxidation sites excluding steroid dienone is 7. The number of nitrogen functional groups attached to an aromatic ring is 1. The van der Waals surface area contributed by atoms with E-state index < -0.39 is 0 Å². The Morgan fingerprint density at radius 1 is 1.09 bits per heavy atom. The molecular formula is C30H36FN3.